The first kappa shape index (κ1) is 15.0. The minimum atomic E-state index is -1.06. The lowest BCUT2D eigenvalue weighted by Gasteiger charge is -2.03. The maximum absolute atomic E-state index is 11.3. The van der Waals surface area contributed by atoms with Gasteiger partial charge in [0.15, 0.2) is 0 Å². The molecule has 21 heavy (non-hydrogen) atoms. The highest BCUT2D eigenvalue weighted by molar-refractivity contribution is 7.98. The fraction of sp³-hybridized carbons (Fsp3) is 0.143. The number of aromatic nitrogens is 2. The van der Waals surface area contributed by atoms with Crippen molar-refractivity contribution in [2.24, 2.45) is 0 Å². The van der Waals surface area contributed by atoms with Gasteiger partial charge < -0.3 is 9.84 Å². The Morgan fingerprint density at radius 2 is 2.10 bits per heavy atom. The Hall–Kier alpha value is -2.41. The Labute approximate surface area is 125 Å². The number of thioether (sulfide) groups is 1. The van der Waals surface area contributed by atoms with E-state index in [0.29, 0.717) is 11.3 Å². The van der Waals surface area contributed by atoms with E-state index in [1.54, 1.807) is 18.2 Å². The van der Waals surface area contributed by atoms with Crippen LogP contribution in [0.15, 0.2) is 41.6 Å². The molecular formula is C14H12N2O4S. The summed E-state index contributed by atoms with van der Waals surface area (Å²) in [5, 5.41) is 8.87. The first-order valence-corrected chi connectivity index (χ1v) is 6.94. The van der Waals surface area contributed by atoms with E-state index >= 15 is 0 Å². The van der Waals surface area contributed by atoms with Crippen molar-refractivity contribution in [1.82, 2.24) is 9.97 Å². The van der Waals surface area contributed by atoms with Crippen LogP contribution >= 0.6 is 11.8 Å². The van der Waals surface area contributed by atoms with E-state index in [9.17, 15) is 9.59 Å². The van der Waals surface area contributed by atoms with Crippen molar-refractivity contribution in [3.8, 4) is 0 Å². The lowest BCUT2D eigenvalue weighted by Crippen LogP contribution is -2.02. The average molecular weight is 304 g/mol. The maximum Gasteiger partial charge on any atom is 0.354 e. The van der Waals surface area contributed by atoms with E-state index in [1.807, 2.05) is 0 Å². The summed E-state index contributed by atoms with van der Waals surface area (Å²) in [4.78, 5) is 30.8. The SMILES string of the molecule is COC(=O)c1ccc(CSc2ccnc(C(=O)O)c2)nc1. The van der Waals surface area contributed by atoms with Gasteiger partial charge in [-0.05, 0) is 24.3 Å². The van der Waals surface area contributed by atoms with Gasteiger partial charge in [0.05, 0.1) is 18.4 Å². The second-order valence-corrected chi connectivity index (χ2v) is 5.05. The summed E-state index contributed by atoms with van der Waals surface area (Å²) in [5.74, 6) is -0.926. The van der Waals surface area contributed by atoms with E-state index in [1.165, 1.54) is 37.3 Å². The first-order chi connectivity index (χ1) is 10.1. The largest absolute Gasteiger partial charge is 0.477 e. The monoisotopic (exact) mass is 304 g/mol. The molecule has 2 aromatic heterocycles. The van der Waals surface area contributed by atoms with Gasteiger partial charge >= 0.3 is 11.9 Å². The molecule has 6 nitrogen and oxygen atoms in total. The molecule has 0 bridgehead atoms. The smallest absolute Gasteiger partial charge is 0.354 e. The number of aromatic carboxylic acids is 1. The molecule has 0 amide bonds. The fourth-order valence-electron chi connectivity index (χ4n) is 1.52. The highest BCUT2D eigenvalue weighted by Gasteiger charge is 2.07. The molecule has 0 aliphatic rings. The van der Waals surface area contributed by atoms with E-state index in [2.05, 4.69) is 14.7 Å². The maximum atomic E-state index is 11.3. The summed E-state index contributed by atoms with van der Waals surface area (Å²) in [5.41, 5.74) is 1.18. The Kier molecular flexibility index (Phi) is 4.89. The van der Waals surface area contributed by atoms with Crippen LogP contribution in [0.1, 0.15) is 26.5 Å². The molecule has 0 atom stereocenters. The van der Waals surface area contributed by atoms with Gasteiger partial charge in [-0.2, -0.15) is 0 Å². The zero-order valence-electron chi connectivity index (χ0n) is 11.1. The van der Waals surface area contributed by atoms with Crippen LogP contribution in [0.3, 0.4) is 0 Å². The molecule has 1 N–H and O–H groups in total. The quantitative estimate of drug-likeness (QED) is 0.669. The van der Waals surface area contributed by atoms with Crippen molar-refractivity contribution in [2.75, 3.05) is 7.11 Å². The topological polar surface area (TPSA) is 89.4 Å². The van der Waals surface area contributed by atoms with Crippen molar-refractivity contribution in [3.63, 3.8) is 0 Å². The molecule has 0 saturated carbocycles. The zero-order valence-corrected chi connectivity index (χ0v) is 12.0. The molecule has 0 fully saturated rings. The number of nitrogens with zero attached hydrogens (tertiary/aromatic N) is 2. The van der Waals surface area contributed by atoms with E-state index in [0.717, 1.165) is 10.6 Å². The molecular weight excluding hydrogens is 292 g/mol. The van der Waals surface area contributed by atoms with E-state index in [4.69, 9.17) is 5.11 Å². The summed E-state index contributed by atoms with van der Waals surface area (Å²) >= 11 is 1.44. The molecule has 0 aliphatic carbocycles. The molecule has 0 aliphatic heterocycles. The number of carbonyl (C=O) groups excluding carboxylic acids is 1. The van der Waals surface area contributed by atoms with Gasteiger partial charge in [0, 0.05) is 23.0 Å². The number of carboxylic acid groups (broad SMARTS) is 1. The third kappa shape index (κ3) is 4.03. The van der Waals surface area contributed by atoms with Crippen LogP contribution in [0.25, 0.3) is 0 Å². The second-order valence-electron chi connectivity index (χ2n) is 4.00. The Bertz CT molecular complexity index is 658. The Balaban J connectivity index is 2.01. The Morgan fingerprint density at radius 3 is 2.71 bits per heavy atom. The van der Waals surface area contributed by atoms with Gasteiger partial charge in [0.25, 0.3) is 0 Å². The number of carboxylic acids is 1. The van der Waals surface area contributed by atoms with Gasteiger partial charge in [-0.25, -0.2) is 14.6 Å². The van der Waals surface area contributed by atoms with Crippen molar-refractivity contribution in [2.45, 2.75) is 10.6 Å². The minimum absolute atomic E-state index is 0.00833. The first-order valence-electron chi connectivity index (χ1n) is 5.95. The van der Waals surface area contributed by atoms with E-state index < -0.39 is 11.9 Å². The van der Waals surface area contributed by atoms with E-state index in [-0.39, 0.29) is 5.69 Å². The predicted octanol–water partition coefficient (Wildman–Crippen LogP) is 2.25. The molecule has 0 radical (unpaired) electrons. The highest BCUT2D eigenvalue weighted by atomic mass is 32.2. The lowest BCUT2D eigenvalue weighted by molar-refractivity contribution is 0.0599. The predicted molar refractivity (Wildman–Crippen MR) is 76.3 cm³/mol. The van der Waals surface area contributed by atoms with Gasteiger partial charge in [-0.15, -0.1) is 11.8 Å². The summed E-state index contributed by atoms with van der Waals surface area (Å²) in [6.07, 6.45) is 2.91. The molecule has 108 valence electrons. The molecule has 2 aromatic rings. The van der Waals surface area contributed by atoms with Crippen molar-refractivity contribution >= 4 is 23.7 Å². The number of esters is 1. The number of rotatable bonds is 5. The number of ether oxygens (including phenoxy) is 1. The van der Waals surface area contributed by atoms with Crippen molar-refractivity contribution in [3.05, 3.63) is 53.6 Å². The lowest BCUT2D eigenvalue weighted by atomic mass is 10.2. The molecule has 7 heteroatoms. The number of hydrogen-bond donors (Lipinski definition) is 1. The Morgan fingerprint density at radius 1 is 1.29 bits per heavy atom. The van der Waals surface area contributed by atoms with Gasteiger partial charge in [-0.3, -0.25) is 4.98 Å². The van der Waals surface area contributed by atoms with Gasteiger partial charge in [0.1, 0.15) is 5.69 Å². The molecule has 2 heterocycles. The molecule has 0 spiro atoms. The van der Waals surface area contributed by atoms with Crippen LogP contribution < -0.4 is 0 Å². The van der Waals surface area contributed by atoms with Crippen LogP contribution in [0.4, 0.5) is 0 Å². The number of carbonyl (C=O) groups is 2. The molecule has 0 unspecified atom stereocenters. The summed E-state index contributed by atoms with van der Waals surface area (Å²) in [6, 6.07) is 6.62. The van der Waals surface area contributed by atoms with Gasteiger partial charge in [-0.1, -0.05) is 0 Å². The van der Waals surface area contributed by atoms with Crippen LogP contribution in [-0.4, -0.2) is 34.1 Å². The number of hydrogen-bond acceptors (Lipinski definition) is 6. The van der Waals surface area contributed by atoms with Crippen molar-refractivity contribution < 1.29 is 19.4 Å². The molecule has 0 aromatic carbocycles. The number of pyridine rings is 2. The van der Waals surface area contributed by atoms with Crippen LogP contribution in [0, 0.1) is 0 Å². The number of methoxy groups -OCH3 is 1. The molecule has 0 saturated heterocycles. The molecule has 2 rings (SSSR count). The second kappa shape index (κ2) is 6.85. The summed E-state index contributed by atoms with van der Waals surface area (Å²) in [6.45, 7) is 0. The normalized spacial score (nSPS) is 10.1. The average Bonchev–Trinajstić information content (AvgIpc) is 2.53. The third-order valence-electron chi connectivity index (χ3n) is 2.58. The summed E-state index contributed by atoms with van der Waals surface area (Å²) < 4.78 is 4.59. The summed E-state index contributed by atoms with van der Waals surface area (Å²) in [7, 11) is 1.32. The van der Waals surface area contributed by atoms with Crippen molar-refractivity contribution in [1.29, 1.82) is 0 Å². The minimum Gasteiger partial charge on any atom is -0.477 e. The third-order valence-corrected chi connectivity index (χ3v) is 3.61. The van der Waals surface area contributed by atoms with Gasteiger partial charge in [0.2, 0.25) is 0 Å². The van der Waals surface area contributed by atoms with Crippen LogP contribution in [0.5, 0.6) is 0 Å². The zero-order chi connectivity index (χ0) is 15.2. The van der Waals surface area contributed by atoms with Crippen LogP contribution in [-0.2, 0) is 10.5 Å². The highest BCUT2D eigenvalue weighted by Crippen LogP contribution is 2.22. The van der Waals surface area contributed by atoms with Crippen LogP contribution in [0.2, 0.25) is 0 Å². The fourth-order valence-corrected chi connectivity index (χ4v) is 2.36. The standard InChI is InChI=1S/C14H12N2O4S/c1-20-14(19)9-2-3-10(16-7-9)8-21-11-4-5-15-12(6-11)13(17)18/h2-7H,8H2,1H3,(H,17,18).